The van der Waals surface area contributed by atoms with Crippen LogP contribution in [-0.2, 0) is 4.79 Å². The number of carbonyl (C=O) groups excluding carboxylic acids is 1. The van der Waals surface area contributed by atoms with Crippen LogP contribution < -0.4 is 20.3 Å². The molecule has 41 heavy (non-hydrogen) atoms. The molecule has 1 N–H and O–H groups in total. The molecule has 1 aromatic heterocycles. The number of benzene rings is 3. The molecular formula is C30H27Br2FN4O4. The van der Waals surface area contributed by atoms with E-state index in [-0.39, 0.29) is 23.8 Å². The van der Waals surface area contributed by atoms with Gasteiger partial charge in [-0.05, 0) is 76.8 Å². The zero-order valence-electron chi connectivity index (χ0n) is 22.2. The molecule has 1 fully saturated rings. The van der Waals surface area contributed by atoms with Crippen LogP contribution in [0.3, 0.4) is 0 Å². The second-order valence-corrected chi connectivity index (χ2v) is 11.4. The zero-order valence-corrected chi connectivity index (χ0v) is 25.4. The lowest BCUT2D eigenvalue weighted by Gasteiger charge is -2.22. The smallest absolute Gasteiger partial charge is 0.282 e. The zero-order chi connectivity index (χ0) is 28.9. The first-order chi connectivity index (χ1) is 19.8. The van der Waals surface area contributed by atoms with Crippen LogP contribution in [0.15, 0.2) is 73.4 Å². The highest BCUT2D eigenvalue weighted by Crippen LogP contribution is 2.37. The van der Waals surface area contributed by atoms with Gasteiger partial charge in [0.15, 0.2) is 18.1 Å². The highest BCUT2D eigenvalue weighted by molar-refractivity contribution is 9.10. The average molecular weight is 686 g/mol. The minimum absolute atomic E-state index is 0.0667. The van der Waals surface area contributed by atoms with Gasteiger partial charge in [0, 0.05) is 10.4 Å². The van der Waals surface area contributed by atoms with Crippen molar-refractivity contribution < 1.29 is 18.7 Å². The van der Waals surface area contributed by atoms with Crippen LogP contribution >= 0.6 is 31.9 Å². The van der Waals surface area contributed by atoms with Gasteiger partial charge in [0.25, 0.3) is 11.5 Å². The summed E-state index contributed by atoms with van der Waals surface area (Å²) in [5.74, 6) is 0.385. The van der Waals surface area contributed by atoms with E-state index in [2.05, 4.69) is 42.3 Å². The first-order valence-electron chi connectivity index (χ1n) is 13.2. The third-order valence-corrected chi connectivity index (χ3v) is 7.96. The van der Waals surface area contributed by atoms with Gasteiger partial charge in [-0.15, -0.1) is 0 Å². The summed E-state index contributed by atoms with van der Waals surface area (Å²) in [5, 5.41) is 7.55. The molecule has 1 amide bonds. The van der Waals surface area contributed by atoms with Gasteiger partial charge >= 0.3 is 0 Å². The molecule has 212 valence electrons. The van der Waals surface area contributed by atoms with Crippen molar-refractivity contribution in [3.8, 4) is 11.5 Å². The Kier molecular flexibility index (Phi) is 9.14. The Hall–Kier alpha value is -3.57. The van der Waals surface area contributed by atoms with Gasteiger partial charge in [-0.3, -0.25) is 9.59 Å². The normalized spacial score (nSPS) is 14.0. The summed E-state index contributed by atoms with van der Waals surface area (Å²) in [6, 6.07) is 14.8. The van der Waals surface area contributed by atoms with Crippen LogP contribution in [0.4, 0.5) is 10.1 Å². The fourth-order valence-electron chi connectivity index (χ4n) is 4.87. The number of methoxy groups -OCH3 is 1. The van der Waals surface area contributed by atoms with E-state index in [9.17, 15) is 14.0 Å². The summed E-state index contributed by atoms with van der Waals surface area (Å²) in [6.07, 6.45) is 6.84. The van der Waals surface area contributed by atoms with Gasteiger partial charge in [-0.1, -0.05) is 47.3 Å². The number of ether oxygens (including phenoxy) is 2. The largest absolute Gasteiger partial charge is 0.493 e. The van der Waals surface area contributed by atoms with Gasteiger partial charge < -0.3 is 14.8 Å². The number of halogens is 3. The molecule has 5 rings (SSSR count). The highest BCUT2D eigenvalue weighted by atomic mass is 79.9. The molecule has 0 atom stereocenters. The number of hydrogen-bond acceptors (Lipinski definition) is 6. The summed E-state index contributed by atoms with van der Waals surface area (Å²) in [4.78, 5) is 30.8. The molecule has 0 spiro atoms. The third-order valence-electron chi connectivity index (χ3n) is 6.87. The fourth-order valence-corrected chi connectivity index (χ4v) is 5.80. The van der Waals surface area contributed by atoms with E-state index in [1.807, 2.05) is 12.1 Å². The minimum atomic E-state index is -0.539. The molecule has 1 aliphatic carbocycles. The number of aromatic nitrogens is 2. The summed E-state index contributed by atoms with van der Waals surface area (Å²) in [6.45, 7) is -0.366. The Balaban J connectivity index is 1.42. The van der Waals surface area contributed by atoms with Crippen molar-refractivity contribution in [3.05, 3.63) is 91.1 Å². The van der Waals surface area contributed by atoms with Gasteiger partial charge in [-0.25, -0.2) is 9.37 Å². The first kappa shape index (κ1) is 28.9. The van der Waals surface area contributed by atoms with Crippen molar-refractivity contribution in [1.82, 2.24) is 9.66 Å². The molecule has 4 aromatic rings. The van der Waals surface area contributed by atoms with Crippen LogP contribution in [0.5, 0.6) is 11.5 Å². The number of fused-ring (bicyclic) bond motifs is 1. The molecule has 0 bridgehead atoms. The Morgan fingerprint density at radius 1 is 1.15 bits per heavy atom. The average Bonchev–Trinajstić information content (AvgIpc) is 2.97. The molecule has 1 aliphatic rings. The van der Waals surface area contributed by atoms with Crippen molar-refractivity contribution in [3.63, 3.8) is 0 Å². The number of amides is 1. The number of nitrogens with one attached hydrogen (secondary N) is 1. The summed E-state index contributed by atoms with van der Waals surface area (Å²) in [5.41, 5.74) is 1.11. The van der Waals surface area contributed by atoms with Crippen LogP contribution in [0.1, 0.15) is 49.4 Å². The molecule has 8 nitrogen and oxygen atoms in total. The maximum absolute atomic E-state index is 13.9. The third kappa shape index (κ3) is 6.68. The number of hydrogen-bond donors (Lipinski definition) is 1. The fraction of sp³-hybridized carbons (Fsp3) is 0.267. The summed E-state index contributed by atoms with van der Waals surface area (Å²) >= 11 is 6.93. The quantitative estimate of drug-likeness (QED) is 0.201. The van der Waals surface area contributed by atoms with Crippen LogP contribution in [0, 0.1) is 5.82 Å². The predicted octanol–water partition coefficient (Wildman–Crippen LogP) is 7.02. The van der Waals surface area contributed by atoms with E-state index >= 15 is 0 Å². The molecule has 0 radical (unpaired) electrons. The molecule has 11 heteroatoms. The van der Waals surface area contributed by atoms with E-state index in [4.69, 9.17) is 14.5 Å². The molecule has 0 aliphatic heterocycles. The van der Waals surface area contributed by atoms with Crippen molar-refractivity contribution in [2.45, 2.75) is 38.0 Å². The molecule has 3 aromatic carbocycles. The van der Waals surface area contributed by atoms with E-state index < -0.39 is 11.7 Å². The molecule has 1 heterocycles. The molecule has 1 saturated carbocycles. The monoisotopic (exact) mass is 684 g/mol. The lowest BCUT2D eigenvalue weighted by molar-refractivity contribution is -0.118. The van der Waals surface area contributed by atoms with Gasteiger partial charge in [-0.2, -0.15) is 9.78 Å². The lowest BCUT2D eigenvalue weighted by atomic mass is 9.88. The SMILES string of the molecule is COc1cc(C=Nn2c(C3CCCCC3)nc3ccc(Br)cc3c2=O)cc(Br)c1OCC(=O)Nc1ccccc1F. The molecule has 0 saturated heterocycles. The number of rotatable bonds is 8. The Bertz CT molecular complexity index is 1690. The molecular weight excluding hydrogens is 659 g/mol. The van der Waals surface area contributed by atoms with E-state index in [1.54, 1.807) is 30.5 Å². The van der Waals surface area contributed by atoms with E-state index in [0.29, 0.717) is 38.3 Å². The van der Waals surface area contributed by atoms with Crippen LogP contribution in [-0.4, -0.2) is 35.5 Å². The van der Waals surface area contributed by atoms with Gasteiger partial charge in [0.05, 0.1) is 34.4 Å². The van der Waals surface area contributed by atoms with Gasteiger partial charge in [0.1, 0.15) is 11.6 Å². The number of para-hydroxylation sites is 1. The topological polar surface area (TPSA) is 94.8 Å². The van der Waals surface area contributed by atoms with Crippen LogP contribution in [0.2, 0.25) is 0 Å². The van der Waals surface area contributed by atoms with Crippen molar-refractivity contribution >= 4 is 60.6 Å². The maximum atomic E-state index is 13.9. The van der Waals surface area contributed by atoms with E-state index in [1.165, 1.54) is 36.4 Å². The standard InChI is InChI=1S/C30H27Br2FN4O4/c1-40-26-14-18(13-22(32)28(26)41-17-27(38)35-25-10-6-5-9-23(25)33)16-34-37-29(19-7-3-2-4-8-19)36-24-12-11-20(31)15-21(24)30(37)39/h5-6,9-16,19H,2-4,7-8,17H2,1H3,(H,35,38). The summed E-state index contributed by atoms with van der Waals surface area (Å²) < 4.78 is 27.8. The minimum Gasteiger partial charge on any atom is -0.493 e. The predicted molar refractivity (Wildman–Crippen MR) is 164 cm³/mol. The highest BCUT2D eigenvalue weighted by Gasteiger charge is 2.23. The maximum Gasteiger partial charge on any atom is 0.282 e. The number of anilines is 1. The Morgan fingerprint density at radius 2 is 1.93 bits per heavy atom. The second kappa shape index (κ2) is 12.9. The van der Waals surface area contributed by atoms with Crippen molar-refractivity contribution in [2.75, 3.05) is 19.0 Å². The molecule has 0 unspecified atom stereocenters. The van der Waals surface area contributed by atoms with Gasteiger partial charge in [0.2, 0.25) is 0 Å². The lowest BCUT2D eigenvalue weighted by Crippen LogP contribution is -2.25. The Labute approximate surface area is 252 Å². The van der Waals surface area contributed by atoms with Crippen molar-refractivity contribution in [1.29, 1.82) is 0 Å². The van der Waals surface area contributed by atoms with Crippen molar-refractivity contribution in [2.24, 2.45) is 5.10 Å². The first-order valence-corrected chi connectivity index (χ1v) is 14.7. The second-order valence-electron chi connectivity index (χ2n) is 9.68. The number of nitrogens with zero attached hydrogens (tertiary/aromatic N) is 3. The Morgan fingerprint density at radius 3 is 2.68 bits per heavy atom. The number of carbonyl (C=O) groups is 1. The van der Waals surface area contributed by atoms with E-state index in [0.717, 1.165) is 30.2 Å². The van der Waals surface area contributed by atoms with Crippen LogP contribution in [0.25, 0.3) is 10.9 Å². The summed E-state index contributed by atoms with van der Waals surface area (Å²) in [7, 11) is 1.48.